The lowest BCUT2D eigenvalue weighted by molar-refractivity contribution is 0.243. The SMILES string of the molecule is C1C[C@@H](N2CC3=C4CC45CC5C3C2)CN1. The highest BCUT2D eigenvalue weighted by Crippen LogP contribution is 2.83. The first-order chi connectivity index (χ1) is 7.38. The number of nitrogens with zero attached hydrogens (tertiary/aromatic N) is 1. The van der Waals surface area contributed by atoms with Gasteiger partial charge in [0.05, 0.1) is 0 Å². The minimum absolute atomic E-state index is 0.847. The van der Waals surface area contributed by atoms with Crippen LogP contribution in [0.1, 0.15) is 19.3 Å². The number of allylic oxidation sites excluding steroid dienone is 1. The van der Waals surface area contributed by atoms with Gasteiger partial charge in [-0.3, -0.25) is 4.90 Å². The van der Waals surface area contributed by atoms with Gasteiger partial charge in [0.2, 0.25) is 0 Å². The minimum Gasteiger partial charge on any atom is -0.315 e. The Kier molecular flexibility index (Phi) is 1.14. The van der Waals surface area contributed by atoms with Crippen molar-refractivity contribution in [3.05, 3.63) is 11.1 Å². The summed E-state index contributed by atoms with van der Waals surface area (Å²) in [6.45, 7) is 5.22. The molecule has 5 aliphatic rings. The summed E-state index contributed by atoms with van der Waals surface area (Å²) in [6, 6.07) is 0.857. The molecule has 0 bridgehead atoms. The Morgan fingerprint density at radius 3 is 3.20 bits per heavy atom. The molecule has 2 saturated carbocycles. The van der Waals surface area contributed by atoms with Crippen molar-refractivity contribution in [2.24, 2.45) is 17.3 Å². The van der Waals surface area contributed by atoms with E-state index in [1.165, 1.54) is 39.0 Å². The van der Waals surface area contributed by atoms with E-state index in [1.54, 1.807) is 6.42 Å². The average molecular weight is 202 g/mol. The van der Waals surface area contributed by atoms with Gasteiger partial charge in [-0.05, 0) is 43.1 Å². The number of nitrogens with one attached hydrogen (secondary N) is 1. The van der Waals surface area contributed by atoms with Gasteiger partial charge in [-0.1, -0.05) is 11.1 Å². The van der Waals surface area contributed by atoms with Crippen LogP contribution in [0.2, 0.25) is 0 Å². The van der Waals surface area contributed by atoms with Gasteiger partial charge in [0.25, 0.3) is 0 Å². The maximum atomic E-state index is 3.50. The quantitative estimate of drug-likeness (QED) is 0.638. The van der Waals surface area contributed by atoms with Crippen LogP contribution in [0, 0.1) is 17.3 Å². The molecule has 0 aromatic heterocycles. The number of hydrogen-bond acceptors (Lipinski definition) is 2. The van der Waals surface area contributed by atoms with E-state index in [0.717, 1.165) is 23.3 Å². The van der Waals surface area contributed by atoms with Crippen LogP contribution < -0.4 is 5.32 Å². The third-order valence-corrected chi connectivity index (χ3v) is 5.78. The van der Waals surface area contributed by atoms with Crippen LogP contribution >= 0.6 is 0 Å². The molecule has 0 radical (unpaired) electrons. The molecule has 1 N–H and O–H groups in total. The molecule has 3 unspecified atom stereocenters. The number of likely N-dealkylation sites (tertiary alicyclic amines) is 1. The molecular weight excluding hydrogens is 184 g/mol. The first kappa shape index (κ1) is 7.86. The van der Waals surface area contributed by atoms with Crippen molar-refractivity contribution in [2.75, 3.05) is 26.2 Å². The van der Waals surface area contributed by atoms with Gasteiger partial charge in [-0.25, -0.2) is 0 Å². The monoisotopic (exact) mass is 202 g/mol. The summed E-state index contributed by atoms with van der Waals surface area (Å²) < 4.78 is 0. The Bertz CT molecular complexity index is 380. The molecule has 5 rings (SSSR count). The summed E-state index contributed by atoms with van der Waals surface area (Å²) in [5.41, 5.74) is 4.67. The Balaban J connectivity index is 1.45. The zero-order chi connectivity index (χ0) is 9.62. The van der Waals surface area contributed by atoms with Crippen molar-refractivity contribution in [1.29, 1.82) is 0 Å². The van der Waals surface area contributed by atoms with E-state index in [2.05, 4.69) is 10.2 Å². The van der Waals surface area contributed by atoms with E-state index in [4.69, 9.17) is 0 Å². The van der Waals surface area contributed by atoms with Gasteiger partial charge in [-0.15, -0.1) is 0 Å². The maximum Gasteiger partial charge on any atom is 0.0236 e. The van der Waals surface area contributed by atoms with Gasteiger partial charge >= 0.3 is 0 Å². The lowest BCUT2D eigenvalue weighted by Gasteiger charge is -2.22. The second-order valence-corrected chi connectivity index (χ2v) is 6.33. The molecule has 2 saturated heterocycles. The first-order valence-electron chi connectivity index (χ1n) is 6.56. The molecule has 2 aliphatic heterocycles. The van der Waals surface area contributed by atoms with Crippen LogP contribution in [-0.2, 0) is 0 Å². The van der Waals surface area contributed by atoms with Crippen LogP contribution in [0.25, 0.3) is 0 Å². The Morgan fingerprint density at radius 2 is 2.40 bits per heavy atom. The molecular formula is C13H18N2. The zero-order valence-electron chi connectivity index (χ0n) is 9.13. The fourth-order valence-electron chi connectivity index (χ4n) is 4.80. The summed E-state index contributed by atoms with van der Waals surface area (Å²) >= 11 is 0. The number of fused-ring (bicyclic) bond motifs is 2. The molecule has 4 fully saturated rings. The van der Waals surface area contributed by atoms with Crippen LogP contribution in [0.15, 0.2) is 11.1 Å². The summed E-state index contributed by atoms with van der Waals surface area (Å²) in [5, 5.41) is 3.50. The predicted molar refractivity (Wildman–Crippen MR) is 58.5 cm³/mol. The van der Waals surface area contributed by atoms with Gasteiger partial charge < -0.3 is 5.32 Å². The number of hydrogen-bond donors (Lipinski definition) is 1. The molecule has 1 spiro atoms. The van der Waals surface area contributed by atoms with E-state index >= 15 is 0 Å². The fourth-order valence-corrected chi connectivity index (χ4v) is 4.80. The standard InChI is InChI=1S/C13H18N2/c1-2-14-5-8(1)15-6-9-10(7-15)12-4-13(12)3-11(9)13/h8-9,11,14H,1-7H2/t8-,9?,11?,13?/m1/s1. The minimum atomic E-state index is 0.847. The summed E-state index contributed by atoms with van der Waals surface area (Å²) in [6.07, 6.45) is 4.44. The van der Waals surface area contributed by atoms with Crippen LogP contribution in [-0.4, -0.2) is 37.1 Å². The van der Waals surface area contributed by atoms with Crippen molar-refractivity contribution >= 4 is 0 Å². The molecule has 2 heteroatoms. The Morgan fingerprint density at radius 1 is 1.40 bits per heavy atom. The molecule has 0 aromatic rings. The van der Waals surface area contributed by atoms with Crippen LogP contribution in [0.5, 0.6) is 0 Å². The van der Waals surface area contributed by atoms with Crippen molar-refractivity contribution in [1.82, 2.24) is 10.2 Å². The normalized spacial score (nSPS) is 55.6. The largest absolute Gasteiger partial charge is 0.315 e. The van der Waals surface area contributed by atoms with Crippen molar-refractivity contribution in [2.45, 2.75) is 25.3 Å². The van der Waals surface area contributed by atoms with E-state index < -0.39 is 0 Å². The molecule has 4 atom stereocenters. The fraction of sp³-hybridized carbons (Fsp3) is 0.846. The first-order valence-corrected chi connectivity index (χ1v) is 6.56. The highest BCUT2D eigenvalue weighted by molar-refractivity contribution is 5.55. The average Bonchev–Trinajstić information content (AvgIpc) is 2.93. The molecule has 0 aromatic carbocycles. The highest BCUT2D eigenvalue weighted by atomic mass is 15.2. The van der Waals surface area contributed by atoms with Gasteiger partial charge in [0, 0.05) is 25.7 Å². The Labute approximate surface area is 90.7 Å². The van der Waals surface area contributed by atoms with Crippen LogP contribution in [0.3, 0.4) is 0 Å². The molecule has 3 aliphatic carbocycles. The second-order valence-electron chi connectivity index (χ2n) is 6.33. The van der Waals surface area contributed by atoms with Gasteiger partial charge in [0.15, 0.2) is 0 Å². The van der Waals surface area contributed by atoms with E-state index in [9.17, 15) is 0 Å². The maximum absolute atomic E-state index is 3.50. The van der Waals surface area contributed by atoms with E-state index in [1.807, 2.05) is 11.1 Å². The second kappa shape index (κ2) is 2.18. The van der Waals surface area contributed by atoms with E-state index in [0.29, 0.717) is 0 Å². The molecule has 0 amide bonds. The topological polar surface area (TPSA) is 15.3 Å². The lowest BCUT2D eigenvalue weighted by Crippen LogP contribution is -2.35. The van der Waals surface area contributed by atoms with Crippen LogP contribution in [0.4, 0.5) is 0 Å². The summed E-state index contributed by atoms with van der Waals surface area (Å²) in [7, 11) is 0. The predicted octanol–water partition coefficient (Wildman–Crippen LogP) is 1.00. The molecule has 2 heterocycles. The van der Waals surface area contributed by atoms with Crippen molar-refractivity contribution < 1.29 is 0 Å². The third-order valence-electron chi connectivity index (χ3n) is 5.78. The summed E-state index contributed by atoms with van der Waals surface area (Å²) in [4.78, 5) is 2.77. The molecule has 15 heavy (non-hydrogen) atoms. The van der Waals surface area contributed by atoms with Gasteiger partial charge in [-0.2, -0.15) is 0 Å². The lowest BCUT2D eigenvalue weighted by atomic mass is 9.99. The Hall–Kier alpha value is -0.340. The number of rotatable bonds is 1. The third kappa shape index (κ3) is 0.784. The zero-order valence-corrected chi connectivity index (χ0v) is 9.13. The molecule has 80 valence electrons. The van der Waals surface area contributed by atoms with E-state index in [-0.39, 0.29) is 0 Å². The van der Waals surface area contributed by atoms with Crippen molar-refractivity contribution in [3.8, 4) is 0 Å². The van der Waals surface area contributed by atoms with Crippen molar-refractivity contribution in [3.63, 3.8) is 0 Å². The smallest absolute Gasteiger partial charge is 0.0236 e. The highest BCUT2D eigenvalue weighted by Gasteiger charge is 2.75. The molecule has 2 nitrogen and oxygen atoms in total. The summed E-state index contributed by atoms with van der Waals surface area (Å²) in [5.74, 6) is 2.12. The van der Waals surface area contributed by atoms with Gasteiger partial charge in [0.1, 0.15) is 0 Å².